The Bertz CT molecular complexity index is 244. The maximum Gasteiger partial charge on any atom is 0.224 e. The van der Waals surface area contributed by atoms with Gasteiger partial charge in [0.25, 0.3) is 0 Å². The Morgan fingerprint density at radius 2 is 2.06 bits per heavy atom. The van der Waals surface area contributed by atoms with E-state index < -0.39 is 0 Å². The zero-order valence-electron chi connectivity index (χ0n) is 10.8. The Kier molecular flexibility index (Phi) is 4.80. The van der Waals surface area contributed by atoms with Crippen LogP contribution in [0.4, 0.5) is 0 Å². The highest BCUT2D eigenvalue weighted by Crippen LogP contribution is 2.28. The number of ether oxygens (including phenoxy) is 1. The first-order valence-corrected chi connectivity index (χ1v) is 6.78. The Morgan fingerprint density at radius 3 is 2.65 bits per heavy atom. The summed E-state index contributed by atoms with van der Waals surface area (Å²) in [6, 6.07) is 0. The minimum absolute atomic E-state index is 0.259. The van der Waals surface area contributed by atoms with Crippen LogP contribution in [0.2, 0.25) is 0 Å². The third kappa shape index (κ3) is 3.42. The number of hydrogen-bond acceptors (Lipinski definition) is 3. The summed E-state index contributed by atoms with van der Waals surface area (Å²) in [5.41, 5.74) is 0. The van der Waals surface area contributed by atoms with Gasteiger partial charge in [-0.15, -0.1) is 0 Å². The van der Waals surface area contributed by atoms with Crippen molar-refractivity contribution in [1.29, 1.82) is 0 Å². The number of likely N-dealkylation sites (tertiary alicyclic amines) is 1. The molecular weight excluding hydrogens is 216 g/mol. The molecule has 0 bridgehead atoms. The van der Waals surface area contributed by atoms with E-state index in [1.807, 2.05) is 4.90 Å². The van der Waals surface area contributed by atoms with Crippen LogP contribution in [0.25, 0.3) is 0 Å². The molecule has 2 aliphatic heterocycles. The number of methoxy groups -OCH3 is 1. The van der Waals surface area contributed by atoms with E-state index in [9.17, 15) is 4.79 Å². The molecule has 0 spiro atoms. The van der Waals surface area contributed by atoms with Crippen molar-refractivity contribution in [3.8, 4) is 0 Å². The SMILES string of the molecule is COCCC(=O)N1CCC(C2CCNC2)CC1. The van der Waals surface area contributed by atoms with E-state index in [4.69, 9.17) is 4.74 Å². The van der Waals surface area contributed by atoms with Crippen LogP contribution in [0.3, 0.4) is 0 Å². The van der Waals surface area contributed by atoms with Gasteiger partial charge in [-0.1, -0.05) is 0 Å². The van der Waals surface area contributed by atoms with E-state index in [1.54, 1.807) is 7.11 Å². The second-order valence-electron chi connectivity index (χ2n) is 5.21. The lowest BCUT2D eigenvalue weighted by atomic mass is 9.84. The molecule has 0 aromatic heterocycles. The molecule has 0 aromatic rings. The average molecular weight is 240 g/mol. The van der Waals surface area contributed by atoms with Crippen LogP contribution in [0.1, 0.15) is 25.7 Å². The zero-order valence-corrected chi connectivity index (χ0v) is 10.8. The van der Waals surface area contributed by atoms with Crippen LogP contribution in [0.5, 0.6) is 0 Å². The van der Waals surface area contributed by atoms with Crippen LogP contribution in [-0.4, -0.2) is 50.7 Å². The lowest BCUT2D eigenvalue weighted by molar-refractivity contribution is -0.133. The Labute approximate surface area is 104 Å². The summed E-state index contributed by atoms with van der Waals surface area (Å²) in [6.07, 6.45) is 4.23. The van der Waals surface area contributed by atoms with Gasteiger partial charge in [-0.3, -0.25) is 4.79 Å². The molecule has 1 atom stereocenters. The van der Waals surface area contributed by atoms with Gasteiger partial charge < -0.3 is 15.0 Å². The number of amides is 1. The number of nitrogens with one attached hydrogen (secondary N) is 1. The van der Waals surface area contributed by atoms with Gasteiger partial charge in [0.2, 0.25) is 5.91 Å². The van der Waals surface area contributed by atoms with Gasteiger partial charge in [0.05, 0.1) is 13.0 Å². The summed E-state index contributed by atoms with van der Waals surface area (Å²) in [4.78, 5) is 13.8. The van der Waals surface area contributed by atoms with E-state index in [2.05, 4.69) is 5.32 Å². The van der Waals surface area contributed by atoms with Crippen molar-refractivity contribution in [3.05, 3.63) is 0 Å². The second-order valence-corrected chi connectivity index (χ2v) is 5.21. The second kappa shape index (κ2) is 6.36. The molecule has 2 fully saturated rings. The van der Waals surface area contributed by atoms with Crippen molar-refractivity contribution in [3.63, 3.8) is 0 Å². The standard InChI is InChI=1S/C13H24N2O2/c1-17-9-5-13(16)15-7-3-11(4-8-15)12-2-6-14-10-12/h11-12,14H,2-10H2,1H3. The van der Waals surface area contributed by atoms with Crippen molar-refractivity contribution >= 4 is 5.91 Å². The molecule has 0 aromatic carbocycles. The fourth-order valence-corrected chi connectivity index (χ4v) is 3.05. The van der Waals surface area contributed by atoms with Crippen LogP contribution in [-0.2, 0) is 9.53 Å². The van der Waals surface area contributed by atoms with Crippen molar-refractivity contribution in [2.45, 2.75) is 25.7 Å². The number of hydrogen-bond donors (Lipinski definition) is 1. The number of carbonyl (C=O) groups is 1. The van der Waals surface area contributed by atoms with Crippen molar-refractivity contribution in [2.75, 3.05) is 39.9 Å². The molecule has 4 nitrogen and oxygen atoms in total. The molecule has 4 heteroatoms. The normalized spacial score (nSPS) is 26.4. The van der Waals surface area contributed by atoms with Crippen LogP contribution in [0, 0.1) is 11.8 Å². The first kappa shape index (κ1) is 12.8. The predicted octanol–water partition coefficient (Wildman–Crippen LogP) is 0.871. The molecule has 2 heterocycles. The summed E-state index contributed by atoms with van der Waals surface area (Å²) in [5.74, 6) is 1.94. The molecule has 0 radical (unpaired) electrons. The van der Waals surface area contributed by atoms with E-state index >= 15 is 0 Å². The first-order chi connectivity index (χ1) is 8.31. The molecule has 0 aliphatic carbocycles. The van der Waals surface area contributed by atoms with E-state index in [0.717, 1.165) is 24.9 Å². The highest BCUT2D eigenvalue weighted by Gasteiger charge is 2.29. The molecule has 2 aliphatic rings. The molecule has 1 N–H and O–H groups in total. The Morgan fingerprint density at radius 1 is 1.29 bits per heavy atom. The molecule has 17 heavy (non-hydrogen) atoms. The predicted molar refractivity (Wildman–Crippen MR) is 66.8 cm³/mol. The topological polar surface area (TPSA) is 41.6 Å². The highest BCUT2D eigenvalue weighted by atomic mass is 16.5. The molecule has 98 valence electrons. The minimum Gasteiger partial charge on any atom is -0.384 e. The molecule has 0 saturated carbocycles. The monoisotopic (exact) mass is 240 g/mol. The smallest absolute Gasteiger partial charge is 0.224 e. The third-order valence-electron chi connectivity index (χ3n) is 4.18. The first-order valence-electron chi connectivity index (χ1n) is 6.78. The molecule has 2 rings (SSSR count). The maximum absolute atomic E-state index is 11.8. The summed E-state index contributed by atoms with van der Waals surface area (Å²) in [6.45, 7) is 4.80. The van der Waals surface area contributed by atoms with E-state index in [-0.39, 0.29) is 5.91 Å². The maximum atomic E-state index is 11.8. The summed E-state index contributed by atoms with van der Waals surface area (Å²) >= 11 is 0. The van der Waals surface area contributed by atoms with Crippen LogP contribution in [0.15, 0.2) is 0 Å². The third-order valence-corrected chi connectivity index (χ3v) is 4.18. The van der Waals surface area contributed by atoms with Gasteiger partial charge >= 0.3 is 0 Å². The van der Waals surface area contributed by atoms with Gasteiger partial charge in [0.15, 0.2) is 0 Å². The fourth-order valence-electron chi connectivity index (χ4n) is 3.05. The minimum atomic E-state index is 0.259. The van der Waals surface area contributed by atoms with Gasteiger partial charge in [0, 0.05) is 20.2 Å². The zero-order chi connectivity index (χ0) is 12.1. The molecule has 1 amide bonds. The van der Waals surface area contributed by atoms with E-state index in [1.165, 1.54) is 32.4 Å². The number of rotatable bonds is 4. The number of carbonyl (C=O) groups excluding carboxylic acids is 1. The largest absolute Gasteiger partial charge is 0.384 e. The van der Waals surface area contributed by atoms with Gasteiger partial charge in [-0.05, 0) is 44.2 Å². The lowest BCUT2D eigenvalue weighted by Gasteiger charge is -2.34. The van der Waals surface area contributed by atoms with Crippen molar-refractivity contribution in [2.24, 2.45) is 11.8 Å². The Balaban J connectivity index is 1.71. The lowest BCUT2D eigenvalue weighted by Crippen LogP contribution is -2.40. The quantitative estimate of drug-likeness (QED) is 0.793. The van der Waals surface area contributed by atoms with Gasteiger partial charge in [0.1, 0.15) is 0 Å². The molecular formula is C13H24N2O2. The summed E-state index contributed by atoms with van der Waals surface area (Å²) in [5, 5.41) is 3.43. The van der Waals surface area contributed by atoms with Gasteiger partial charge in [-0.25, -0.2) is 0 Å². The molecule has 2 saturated heterocycles. The van der Waals surface area contributed by atoms with Crippen LogP contribution >= 0.6 is 0 Å². The fraction of sp³-hybridized carbons (Fsp3) is 0.923. The van der Waals surface area contributed by atoms with Crippen LogP contribution < -0.4 is 5.32 Å². The molecule has 1 unspecified atom stereocenters. The van der Waals surface area contributed by atoms with Crippen molar-refractivity contribution in [1.82, 2.24) is 10.2 Å². The average Bonchev–Trinajstić information content (AvgIpc) is 2.90. The Hall–Kier alpha value is -0.610. The van der Waals surface area contributed by atoms with E-state index in [0.29, 0.717) is 13.0 Å². The number of piperidine rings is 1. The van der Waals surface area contributed by atoms with Crippen molar-refractivity contribution < 1.29 is 9.53 Å². The number of nitrogens with zero attached hydrogens (tertiary/aromatic N) is 1. The van der Waals surface area contributed by atoms with Gasteiger partial charge in [-0.2, -0.15) is 0 Å². The summed E-state index contributed by atoms with van der Waals surface area (Å²) in [7, 11) is 1.65. The summed E-state index contributed by atoms with van der Waals surface area (Å²) < 4.78 is 4.95. The highest BCUT2D eigenvalue weighted by molar-refractivity contribution is 5.76.